The Morgan fingerprint density at radius 1 is 1.28 bits per heavy atom. The highest BCUT2D eigenvalue weighted by Crippen LogP contribution is 2.30. The maximum Gasteiger partial charge on any atom is 0.161 e. The zero-order valence-electron chi connectivity index (χ0n) is 10.4. The summed E-state index contributed by atoms with van der Waals surface area (Å²) in [6.07, 6.45) is 6.59. The van der Waals surface area contributed by atoms with Crippen LogP contribution in [0.15, 0.2) is 12.1 Å². The Bertz CT molecular complexity index is 426. The van der Waals surface area contributed by atoms with Gasteiger partial charge in [-0.3, -0.25) is 0 Å². The predicted octanol–water partition coefficient (Wildman–Crippen LogP) is 3.63. The maximum atomic E-state index is 13.2. The summed E-state index contributed by atoms with van der Waals surface area (Å²) >= 11 is 1.86. The van der Waals surface area contributed by atoms with E-state index >= 15 is 0 Å². The standard InChI is InChI=1S/C13H18F2N2S/c1-18-9-4-2-3-8(5-9)17-13-7-11(15)10(14)6-12(13)16/h6-9,17H,2-5,16H2,1H3. The van der Waals surface area contributed by atoms with Crippen LogP contribution in [-0.4, -0.2) is 17.5 Å². The molecule has 2 nitrogen and oxygen atoms in total. The van der Waals surface area contributed by atoms with E-state index in [9.17, 15) is 8.78 Å². The smallest absolute Gasteiger partial charge is 0.161 e. The molecular formula is C13H18F2N2S. The van der Waals surface area contributed by atoms with Crippen LogP contribution in [0.1, 0.15) is 25.7 Å². The molecule has 0 aromatic heterocycles. The Morgan fingerprint density at radius 3 is 2.72 bits per heavy atom. The molecule has 5 heteroatoms. The van der Waals surface area contributed by atoms with Crippen molar-refractivity contribution in [1.82, 2.24) is 0 Å². The molecule has 2 atom stereocenters. The van der Waals surface area contributed by atoms with E-state index in [1.165, 1.54) is 6.42 Å². The number of nitrogen functional groups attached to an aromatic ring is 1. The van der Waals surface area contributed by atoms with Crippen LogP contribution in [-0.2, 0) is 0 Å². The third-order valence-corrected chi connectivity index (χ3v) is 4.51. The molecule has 2 rings (SSSR count). The van der Waals surface area contributed by atoms with Gasteiger partial charge in [0, 0.05) is 23.4 Å². The molecule has 18 heavy (non-hydrogen) atoms. The lowest BCUT2D eigenvalue weighted by Crippen LogP contribution is -2.28. The summed E-state index contributed by atoms with van der Waals surface area (Å²) in [7, 11) is 0. The van der Waals surface area contributed by atoms with Gasteiger partial charge in [-0.25, -0.2) is 8.78 Å². The third kappa shape index (κ3) is 3.07. The summed E-state index contributed by atoms with van der Waals surface area (Å²) in [6, 6.07) is 2.48. The Kier molecular flexibility index (Phi) is 4.32. The van der Waals surface area contributed by atoms with Gasteiger partial charge >= 0.3 is 0 Å². The first-order valence-corrected chi connectivity index (χ1v) is 7.42. The summed E-state index contributed by atoms with van der Waals surface area (Å²) in [4.78, 5) is 0. The van der Waals surface area contributed by atoms with Crippen molar-refractivity contribution in [2.75, 3.05) is 17.3 Å². The average Bonchev–Trinajstić information content (AvgIpc) is 2.36. The van der Waals surface area contributed by atoms with Crippen molar-refractivity contribution in [1.29, 1.82) is 0 Å². The van der Waals surface area contributed by atoms with Crippen molar-refractivity contribution in [3.8, 4) is 0 Å². The Hall–Kier alpha value is -0.970. The van der Waals surface area contributed by atoms with Crippen molar-refractivity contribution in [3.63, 3.8) is 0 Å². The first-order chi connectivity index (χ1) is 8.60. The monoisotopic (exact) mass is 272 g/mol. The fourth-order valence-electron chi connectivity index (χ4n) is 2.40. The van der Waals surface area contributed by atoms with Crippen molar-refractivity contribution in [3.05, 3.63) is 23.8 Å². The summed E-state index contributed by atoms with van der Waals surface area (Å²) in [5.41, 5.74) is 6.46. The second-order valence-corrected chi connectivity index (χ2v) is 5.86. The molecule has 3 N–H and O–H groups in total. The van der Waals surface area contributed by atoms with E-state index in [-0.39, 0.29) is 5.69 Å². The molecule has 0 saturated heterocycles. The molecule has 100 valence electrons. The number of thioether (sulfide) groups is 1. The van der Waals surface area contributed by atoms with Crippen LogP contribution < -0.4 is 11.1 Å². The molecule has 2 unspecified atom stereocenters. The second-order valence-electron chi connectivity index (χ2n) is 4.72. The summed E-state index contributed by atoms with van der Waals surface area (Å²) in [5, 5.41) is 3.88. The number of anilines is 2. The quantitative estimate of drug-likeness (QED) is 0.825. The van der Waals surface area contributed by atoms with E-state index in [0.717, 1.165) is 31.4 Å². The Labute approximate surface area is 110 Å². The molecule has 0 spiro atoms. The van der Waals surface area contributed by atoms with Crippen molar-refractivity contribution in [2.45, 2.75) is 37.0 Å². The van der Waals surface area contributed by atoms with Crippen LogP contribution >= 0.6 is 11.8 Å². The molecule has 1 aromatic carbocycles. The Morgan fingerprint density at radius 2 is 2.00 bits per heavy atom. The number of hydrogen-bond donors (Lipinski definition) is 2. The third-order valence-electron chi connectivity index (χ3n) is 3.41. The van der Waals surface area contributed by atoms with Gasteiger partial charge in [-0.1, -0.05) is 6.42 Å². The largest absolute Gasteiger partial charge is 0.397 e. The van der Waals surface area contributed by atoms with Crippen LogP contribution in [0.25, 0.3) is 0 Å². The fraction of sp³-hybridized carbons (Fsp3) is 0.538. The Balaban J connectivity index is 2.07. The topological polar surface area (TPSA) is 38.0 Å². The SMILES string of the molecule is CSC1CCCC(Nc2cc(F)c(F)cc2N)C1. The lowest BCUT2D eigenvalue weighted by atomic mass is 9.94. The molecule has 0 aliphatic heterocycles. The van der Waals surface area contributed by atoms with Crippen LogP contribution in [0, 0.1) is 11.6 Å². The lowest BCUT2D eigenvalue weighted by molar-refractivity contribution is 0.472. The molecule has 1 aromatic rings. The van der Waals surface area contributed by atoms with Gasteiger partial charge in [-0.05, 0) is 25.5 Å². The summed E-state index contributed by atoms with van der Waals surface area (Å²) in [6.45, 7) is 0. The molecule has 0 bridgehead atoms. The van der Waals surface area contributed by atoms with Crippen molar-refractivity contribution >= 4 is 23.1 Å². The van der Waals surface area contributed by atoms with E-state index in [2.05, 4.69) is 11.6 Å². The molecule has 0 heterocycles. The summed E-state index contributed by atoms with van der Waals surface area (Å²) < 4.78 is 26.2. The van der Waals surface area contributed by atoms with Crippen molar-refractivity contribution < 1.29 is 8.78 Å². The average molecular weight is 272 g/mol. The molecule has 0 radical (unpaired) electrons. The predicted molar refractivity (Wildman–Crippen MR) is 74.0 cm³/mol. The number of nitrogens with two attached hydrogens (primary N) is 1. The molecule has 0 amide bonds. The zero-order valence-corrected chi connectivity index (χ0v) is 11.2. The highest BCUT2D eigenvalue weighted by atomic mass is 32.2. The minimum atomic E-state index is -0.899. The molecule has 1 fully saturated rings. The lowest BCUT2D eigenvalue weighted by Gasteiger charge is -2.29. The van der Waals surface area contributed by atoms with Gasteiger partial charge in [0.05, 0.1) is 11.4 Å². The van der Waals surface area contributed by atoms with Gasteiger partial charge in [0.25, 0.3) is 0 Å². The van der Waals surface area contributed by atoms with E-state index < -0.39 is 11.6 Å². The number of halogens is 2. The molecule has 1 saturated carbocycles. The zero-order chi connectivity index (χ0) is 13.1. The molecular weight excluding hydrogens is 254 g/mol. The minimum Gasteiger partial charge on any atom is -0.397 e. The van der Waals surface area contributed by atoms with Gasteiger partial charge in [0.2, 0.25) is 0 Å². The first-order valence-electron chi connectivity index (χ1n) is 6.14. The van der Waals surface area contributed by atoms with Crippen LogP contribution in [0.5, 0.6) is 0 Å². The van der Waals surface area contributed by atoms with E-state index in [4.69, 9.17) is 5.73 Å². The van der Waals surface area contributed by atoms with Gasteiger partial charge < -0.3 is 11.1 Å². The van der Waals surface area contributed by atoms with Crippen LogP contribution in [0.2, 0.25) is 0 Å². The van der Waals surface area contributed by atoms with E-state index in [1.54, 1.807) is 0 Å². The number of benzene rings is 1. The van der Waals surface area contributed by atoms with E-state index in [0.29, 0.717) is 17.0 Å². The summed E-state index contributed by atoms with van der Waals surface area (Å²) in [5.74, 6) is -1.76. The fourth-order valence-corrected chi connectivity index (χ4v) is 3.22. The van der Waals surface area contributed by atoms with Crippen LogP contribution in [0.3, 0.4) is 0 Å². The highest BCUT2D eigenvalue weighted by molar-refractivity contribution is 7.99. The number of rotatable bonds is 3. The second kappa shape index (κ2) is 5.78. The number of nitrogens with one attached hydrogen (secondary N) is 1. The van der Waals surface area contributed by atoms with Crippen LogP contribution in [0.4, 0.5) is 20.2 Å². The van der Waals surface area contributed by atoms with Crippen molar-refractivity contribution in [2.24, 2.45) is 0 Å². The van der Waals surface area contributed by atoms with E-state index in [1.807, 2.05) is 11.8 Å². The molecule has 1 aliphatic rings. The highest BCUT2D eigenvalue weighted by Gasteiger charge is 2.22. The maximum absolute atomic E-state index is 13.2. The molecule has 1 aliphatic carbocycles. The minimum absolute atomic E-state index is 0.264. The van der Waals surface area contributed by atoms with Gasteiger partial charge in [-0.15, -0.1) is 0 Å². The first kappa shape index (κ1) is 13.5. The van der Waals surface area contributed by atoms with Gasteiger partial charge in [0.15, 0.2) is 11.6 Å². The van der Waals surface area contributed by atoms with Gasteiger partial charge in [-0.2, -0.15) is 11.8 Å². The normalized spacial score (nSPS) is 23.9. The number of hydrogen-bond acceptors (Lipinski definition) is 3. The van der Waals surface area contributed by atoms with Gasteiger partial charge in [0.1, 0.15) is 0 Å².